The molecule has 0 heterocycles. The van der Waals surface area contributed by atoms with Crippen molar-refractivity contribution in [1.29, 1.82) is 0 Å². The number of rotatable bonds is 6. The van der Waals surface area contributed by atoms with Gasteiger partial charge in [-0.3, -0.25) is 25.0 Å². The number of nitro groups is 2. The minimum Gasteiger partial charge on any atom is -0.480 e. The molecule has 0 saturated carbocycles. The summed E-state index contributed by atoms with van der Waals surface area (Å²) in [5.41, 5.74) is -1.71. The Morgan fingerprint density at radius 3 is 1.91 bits per heavy atom. The molecule has 1 amide bonds. The molecule has 0 aliphatic heterocycles. The highest BCUT2D eigenvalue weighted by atomic mass is 79.9. The monoisotopic (exact) mass is 389 g/mol. The van der Waals surface area contributed by atoms with Gasteiger partial charge in [0.25, 0.3) is 17.3 Å². The summed E-state index contributed by atoms with van der Waals surface area (Å²) in [6.07, 6.45) is 0. The Morgan fingerprint density at radius 2 is 1.61 bits per heavy atom. The number of nitro benzene ring substituents is 2. The van der Waals surface area contributed by atoms with E-state index in [1.54, 1.807) is 13.8 Å². The number of carbonyl (C=O) groups is 2. The van der Waals surface area contributed by atoms with Crippen molar-refractivity contribution >= 4 is 39.2 Å². The van der Waals surface area contributed by atoms with Crippen LogP contribution in [-0.2, 0) is 4.79 Å². The van der Waals surface area contributed by atoms with Crippen LogP contribution in [0.3, 0.4) is 0 Å². The van der Waals surface area contributed by atoms with Crippen LogP contribution in [-0.4, -0.2) is 32.9 Å². The smallest absolute Gasteiger partial charge is 0.326 e. The molecule has 10 nitrogen and oxygen atoms in total. The molecule has 11 heteroatoms. The fourth-order valence-corrected chi connectivity index (χ4v) is 2.25. The zero-order valence-electron chi connectivity index (χ0n) is 12.0. The average molecular weight is 390 g/mol. The second kappa shape index (κ2) is 7.13. The molecule has 124 valence electrons. The first-order valence-electron chi connectivity index (χ1n) is 6.22. The normalized spacial score (nSPS) is 11.8. The van der Waals surface area contributed by atoms with E-state index in [9.17, 15) is 29.8 Å². The van der Waals surface area contributed by atoms with Crippen molar-refractivity contribution in [2.75, 3.05) is 0 Å². The van der Waals surface area contributed by atoms with E-state index in [0.29, 0.717) is 0 Å². The van der Waals surface area contributed by atoms with Crippen molar-refractivity contribution in [1.82, 2.24) is 5.32 Å². The van der Waals surface area contributed by atoms with Gasteiger partial charge in [0.05, 0.1) is 15.4 Å². The Kier molecular flexibility index (Phi) is 5.73. The van der Waals surface area contributed by atoms with Crippen LogP contribution >= 0.6 is 15.9 Å². The number of carbonyl (C=O) groups excluding carboxylic acids is 1. The van der Waals surface area contributed by atoms with Crippen molar-refractivity contribution in [3.8, 4) is 0 Å². The van der Waals surface area contributed by atoms with Crippen LogP contribution < -0.4 is 5.32 Å². The van der Waals surface area contributed by atoms with Gasteiger partial charge in [-0.1, -0.05) is 13.8 Å². The third kappa shape index (κ3) is 4.22. The standard InChI is InChI=1S/C12H12BrN3O7/c1-5(2)10(12(18)19)14-11(17)6-3-7(15(20)21)9(13)8(4-6)16(22)23/h3-5,10H,1-2H3,(H,14,17)(H,18,19). The molecule has 23 heavy (non-hydrogen) atoms. The molecule has 2 N–H and O–H groups in total. The number of benzene rings is 1. The van der Waals surface area contributed by atoms with E-state index < -0.39 is 45.1 Å². The molecule has 0 bridgehead atoms. The van der Waals surface area contributed by atoms with Crippen molar-refractivity contribution in [3.63, 3.8) is 0 Å². The maximum Gasteiger partial charge on any atom is 0.326 e. The summed E-state index contributed by atoms with van der Waals surface area (Å²) in [6, 6.07) is 0.446. The van der Waals surface area contributed by atoms with Crippen LogP contribution in [0.5, 0.6) is 0 Å². The second-order valence-corrected chi connectivity index (χ2v) is 5.67. The molecular formula is C12H12BrN3O7. The maximum atomic E-state index is 12.1. The molecule has 0 radical (unpaired) electrons. The Labute approximate surface area is 137 Å². The first-order chi connectivity index (χ1) is 10.6. The van der Waals surface area contributed by atoms with Gasteiger partial charge in [0.15, 0.2) is 4.47 Å². The Morgan fingerprint density at radius 1 is 1.17 bits per heavy atom. The maximum absolute atomic E-state index is 12.1. The highest BCUT2D eigenvalue weighted by molar-refractivity contribution is 9.10. The number of nitrogens with one attached hydrogen (secondary N) is 1. The van der Waals surface area contributed by atoms with E-state index in [0.717, 1.165) is 12.1 Å². The minimum atomic E-state index is -1.28. The van der Waals surface area contributed by atoms with Crippen LogP contribution in [0.15, 0.2) is 16.6 Å². The summed E-state index contributed by atoms with van der Waals surface area (Å²) >= 11 is 2.75. The summed E-state index contributed by atoms with van der Waals surface area (Å²) in [6.45, 7) is 3.12. The lowest BCUT2D eigenvalue weighted by Crippen LogP contribution is -2.44. The summed E-state index contributed by atoms with van der Waals surface area (Å²) in [7, 11) is 0. The Hall–Kier alpha value is -2.56. The Bertz CT molecular complexity index is 654. The first-order valence-corrected chi connectivity index (χ1v) is 7.01. The zero-order chi connectivity index (χ0) is 17.9. The molecule has 0 aliphatic rings. The molecule has 0 saturated heterocycles. The van der Waals surface area contributed by atoms with Gasteiger partial charge in [0, 0.05) is 12.1 Å². The van der Waals surface area contributed by atoms with Crippen LogP contribution in [0.1, 0.15) is 24.2 Å². The molecule has 0 aromatic heterocycles. The number of carboxylic acids is 1. The number of hydrogen-bond acceptors (Lipinski definition) is 6. The molecule has 1 atom stereocenters. The van der Waals surface area contributed by atoms with Crippen molar-refractivity contribution in [2.45, 2.75) is 19.9 Å². The van der Waals surface area contributed by atoms with Crippen LogP contribution in [0.2, 0.25) is 0 Å². The first kappa shape index (κ1) is 18.5. The highest BCUT2D eigenvalue weighted by Crippen LogP contribution is 2.35. The van der Waals surface area contributed by atoms with Gasteiger partial charge >= 0.3 is 5.97 Å². The predicted molar refractivity (Wildman–Crippen MR) is 81.2 cm³/mol. The summed E-state index contributed by atoms with van der Waals surface area (Å²) < 4.78 is -0.373. The molecule has 1 aromatic carbocycles. The van der Waals surface area contributed by atoms with Gasteiger partial charge in [-0.05, 0) is 21.8 Å². The van der Waals surface area contributed by atoms with Crippen LogP contribution in [0.4, 0.5) is 11.4 Å². The van der Waals surface area contributed by atoms with Gasteiger partial charge in [-0.15, -0.1) is 0 Å². The number of hydrogen-bond donors (Lipinski definition) is 2. The third-order valence-electron chi connectivity index (χ3n) is 2.91. The molecular weight excluding hydrogens is 378 g/mol. The van der Waals surface area contributed by atoms with E-state index in [2.05, 4.69) is 21.2 Å². The zero-order valence-corrected chi connectivity index (χ0v) is 13.6. The highest BCUT2D eigenvalue weighted by Gasteiger charge is 2.29. The Balaban J connectivity index is 3.31. The molecule has 0 spiro atoms. The summed E-state index contributed by atoms with van der Waals surface area (Å²) in [5, 5.41) is 33.1. The quantitative estimate of drug-likeness (QED) is 0.557. The predicted octanol–water partition coefficient (Wildman–Crippen LogP) is 2.10. The molecule has 0 aliphatic carbocycles. The topological polar surface area (TPSA) is 153 Å². The van der Waals surface area contributed by atoms with Crippen molar-refractivity contribution < 1.29 is 24.5 Å². The van der Waals surface area contributed by atoms with Gasteiger partial charge in [-0.2, -0.15) is 0 Å². The molecule has 1 unspecified atom stereocenters. The largest absolute Gasteiger partial charge is 0.480 e. The SMILES string of the molecule is CC(C)C(NC(=O)c1cc([N+](=O)[O-])c(Br)c([N+](=O)[O-])c1)C(=O)O. The van der Waals surface area contributed by atoms with Crippen molar-refractivity contribution in [2.24, 2.45) is 5.92 Å². The molecule has 1 aromatic rings. The third-order valence-corrected chi connectivity index (χ3v) is 3.72. The lowest BCUT2D eigenvalue weighted by Gasteiger charge is -2.17. The minimum absolute atomic E-state index is 0.373. The second-order valence-electron chi connectivity index (χ2n) is 4.88. The molecule has 1 rings (SSSR count). The van der Waals surface area contributed by atoms with E-state index in [1.165, 1.54) is 0 Å². The molecule has 0 fully saturated rings. The van der Waals surface area contributed by atoms with Gasteiger partial charge in [0.2, 0.25) is 0 Å². The fourth-order valence-electron chi connectivity index (χ4n) is 1.73. The van der Waals surface area contributed by atoms with Gasteiger partial charge in [-0.25, -0.2) is 4.79 Å². The number of carboxylic acid groups (broad SMARTS) is 1. The van der Waals surface area contributed by atoms with E-state index >= 15 is 0 Å². The van der Waals surface area contributed by atoms with Crippen LogP contribution in [0.25, 0.3) is 0 Å². The van der Waals surface area contributed by atoms with E-state index in [-0.39, 0.29) is 10.0 Å². The van der Waals surface area contributed by atoms with E-state index in [1.807, 2.05) is 0 Å². The van der Waals surface area contributed by atoms with Crippen molar-refractivity contribution in [3.05, 3.63) is 42.4 Å². The number of halogens is 1. The van der Waals surface area contributed by atoms with E-state index in [4.69, 9.17) is 5.11 Å². The summed E-state index contributed by atoms with van der Waals surface area (Å²) in [4.78, 5) is 43.3. The number of amides is 1. The van der Waals surface area contributed by atoms with Gasteiger partial charge in [0.1, 0.15) is 6.04 Å². The lowest BCUT2D eigenvalue weighted by molar-refractivity contribution is -0.395. The summed E-state index contributed by atoms with van der Waals surface area (Å²) in [5.74, 6) is -2.68. The fraction of sp³-hybridized carbons (Fsp3) is 0.333. The van der Waals surface area contributed by atoms with Crippen LogP contribution in [0, 0.1) is 26.1 Å². The number of nitrogens with zero attached hydrogens (tertiary/aromatic N) is 2. The number of aliphatic carboxylic acids is 1. The van der Waals surface area contributed by atoms with Gasteiger partial charge < -0.3 is 10.4 Å². The average Bonchev–Trinajstić information content (AvgIpc) is 2.43. The lowest BCUT2D eigenvalue weighted by atomic mass is 10.0.